The van der Waals surface area contributed by atoms with Gasteiger partial charge in [0.2, 0.25) is 0 Å². The number of benzene rings is 2. The van der Waals surface area contributed by atoms with Crippen molar-refractivity contribution in [3.8, 4) is 11.5 Å². The number of hydrogen-bond donors (Lipinski definition) is 1. The molecule has 2 aromatic rings. The Balaban J connectivity index is 1.55. The van der Waals surface area contributed by atoms with Crippen molar-refractivity contribution in [3.63, 3.8) is 0 Å². The fraction of sp³-hybridized carbons (Fsp3) is 0.222. The van der Waals surface area contributed by atoms with Gasteiger partial charge in [0.1, 0.15) is 13.2 Å². The van der Waals surface area contributed by atoms with Crippen molar-refractivity contribution in [2.75, 3.05) is 31.4 Å². The Kier molecular flexibility index (Phi) is 5.31. The molecular weight excluding hydrogens is 374 g/mol. The second kappa shape index (κ2) is 7.67. The maximum atomic E-state index is 12.0. The number of amides is 1. The lowest BCUT2D eigenvalue weighted by Crippen LogP contribution is -2.21. The first-order chi connectivity index (χ1) is 12.8. The molecule has 9 heteroatoms. The third-order valence-corrected chi connectivity index (χ3v) is 4.81. The Bertz CT molecular complexity index is 968. The van der Waals surface area contributed by atoms with Crippen LogP contribution in [0.5, 0.6) is 11.5 Å². The highest BCUT2D eigenvalue weighted by Gasteiger charge is 2.15. The van der Waals surface area contributed by atoms with E-state index in [4.69, 9.17) is 14.2 Å². The Morgan fingerprint density at radius 3 is 2.37 bits per heavy atom. The van der Waals surface area contributed by atoms with E-state index in [1.807, 2.05) is 0 Å². The van der Waals surface area contributed by atoms with Gasteiger partial charge in [-0.2, -0.15) is 0 Å². The Morgan fingerprint density at radius 1 is 1.04 bits per heavy atom. The molecule has 0 fully saturated rings. The van der Waals surface area contributed by atoms with Gasteiger partial charge in [0.15, 0.2) is 27.9 Å². The van der Waals surface area contributed by atoms with Crippen LogP contribution in [0.4, 0.5) is 5.69 Å². The third kappa shape index (κ3) is 4.76. The monoisotopic (exact) mass is 391 g/mol. The normalized spacial score (nSPS) is 12.9. The zero-order valence-electron chi connectivity index (χ0n) is 14.4. The van der Waals surface area contributed by atoms with Crippen LogP contribution in [0.25, 0.3) is 0 Å². The molecule has 8 nitrogen and oxygen atoms in total. The lowest BCUT2D eigenvalue weighted by Gasteiger charge is -2.19. The van der Waals surface area contributed by atoms with Crippen LogP contribution in [-0.4, -0.2) is 46.4 Å². The smallest absolute Gasteiger partial charge is 0.338 e. The number of rotatable bonds is 5. The molecule has 1 N–H and O–H groups in total. The summed E-state index contributed by atoms with van der Waals surface area (Å²) in [6.45, 7) is 0.418. The van der Waals surface area contributed by atoms with Crippen LogP contribution in [0.1, 0.15) is 10.4 Å². The maximum Gasteiger partial charge on any atom is 0.338 e. The minimum absolute atomic E-state index is 0.0930. The van der Waals surface area contributed by atoms with Crippen LogP contribution < -0.4 is 14.8 Å². The number of carbonyl (C=O) groups excluding carboxylic acids is 2. The molecule has 1 heterocycles. The fourth-order valence-corrected chi connectivity index (χ4v) is 3.00. The lowest BCUT2D eigenvalue weighted by molar-refractivity contribution is -0.119. The number of nitrogens with one attached hydrogen (secondary N) is 1. The van der Waals surface area contributed by atoms with E-state index >= 15 is 0 Å². The fourth-order valence-electron chi connectivity index (χ4n) is 2.37. The van der Waals surface area contributed by atoms with Crippen molar-refractivity contribution >= 4 is 27.4 Å². The van der Waals surface area contributed by atoms with Crippen LogP contribution in [0, 0.1) is 0 Å². The predicted molar refractivity (Wildman–Crippen MR) is 95.9 cm³/mol. The molecule has 27 heavy (non-hydrogen) atoms. The number of hydrogen-bond acceptors (Lipinski definition) is 7. The van der Waals surface area contributed by atoms with E-state index in [0.29, 0.717) is 30.4 Å². The van der Waals surface area contributed by atoms with Crippen LogP contribution in [-0.2, 0) is 19.4 Å². The first-order valence-electron chi connectivity index (χ1n) is 8.00. The number of ether oxygens (including phenoxy) is 3. The topological polar surface area (TPSA) is 108 Å². The van der Waals surface area contributed by atoms with Crippen molar-refractivity contribution in [1.29, 1.82) is 0 Å². The summed E-state index contributed by atoms with van der Waals surface area (Å²) < 4.78 is 38.6. The van der Waals surface area contributed by atoms with Gasteiger partial charge in [-0.3, -0.25) is 4.79 Å². The number of sulfone groups is 1. The van der Waals surface area contributed by atoms with Gasteiger partial charge in [-0.05, 0) is 36.4 Å². The van der Waals surface area contributed by atoms with Crippen molar-refractivity contribution in [2.24, 2.45) is 0 Å². The van der Waals surface area contributed by atoms with Gasteiger partial charge in [0.25, 0.3) is 5.91 Å². The number of fused-ring (bicyclic) bond motifs is 1. The van der Waals surface area contributed by atoms with E-state index in [1.165, 1.54) is 24.3 Å². The highest BCUT2D eigenvalue weighted by molar-refractivity contribution is 7.90. The zero-order chi connectivity index (χ0) is 19.4. The van der Waals surface area contributed by atoms with Gasteiger partial charge >= 0.3 is 5.97 Å². The Hall–Kier alpha value is -3.07. The number of anilines is 1. The van der Waals surface area contributed by atoms with Crippen molar-refractivity contribution in [2.45, 2.75) is 4.90 Å². The van der Waals surface area contributed by atoms with Crippen LogP contribution in [0.2, 0.25) is 0 Å². The zero-order valence-corrected chi connectivity index (χ0v) is 15.2. The average molecular weight is 391 g/mol. The van der Waals surface area contributed by atoms with Crippen molar-refractivity contribution < 1.29 is 32.2 Å². The van der Waals surface area contributed by atoms with Crippen LogP contribution in [0.3, 0.4) is 0 Å². The van der Waals surface area contributed by atoms with Gasteiger partial charge in [-0.15, -0.1) is 0 Å². The highest BCUT2D eigenvalue weighted by Crippen LogP contribution is 2.32. The van der Waals surface area contributed by atoms with Gasteiger partial charge in [-0.1, -0.05) is 0 Å². The predicted octanol–water partition coefficient (Wildman–Crippen LogP) is 1.66. The van der Waals surface area contributed by atoms with E-state index in [9.17, 15) is 18.0 Å². The molecule has 0 atom stereocenters. The number of esters is 1. The largest absolute Gasteiger partial charge is 0.486 e. The van der Waals surface area contributed by atoms with Gasteiger partial charge in [0.05, 0.1) is 10.5 Å². The Labute approximate surface area is 156 Å². The third-order valence-electron chi connectivity index (χ3n) is 3.68. The SMILES string of the molecule is CS(=O)(=O)c1ccc(C(=O)OCC(=O)Nc2ccc3c(c2)OCCO3)cc1. The molecule has 1 aliphatic rings. The minimum Gasteiger partial charge on any atom is -0.486 e. The molecule has 2 aromatic carbocycles. The van der Waals surface area contributed by atoms with Gasteiger partial charge < -0.3 is 19.5 Å². The molecule has 0 spiro atoms. The molecular formula is C18H17NO7S. The average Bonchev–Trinajstić information content (AvgIpc) is 2.65. The molecule has 0 aromatic heterocycles. The minimum atomic E-state index is -3.35. The van der Waals surface area contributed by atoms with E-state index in [-0.39, 0.29) is 10.5 Å². The molecule has 1 amide bonds. The van der Waals surface area contributed by atoms with E-state index in [2.05, 4.69) is 5.32 Å². The summed E-state index contributed by atoms with van der Waals surface area (Å²) in [6.07, 6.45) is 1.07. The summed E-state index contributed by atoms with van der Waals surface area (Å²) >= 11 is 0. The molecule has 1 aliphatic heterocycles. The van der Waals surface area contributed by atoms with Crippen LogP contribution in [0.15, 0.2) is 47.4 Å². The van der Waals surface area contributed by atoms with E-state index in [0.717, 1.165) is 6.26 Å². The summed E-state index contributed by atoms with van der Waals surface area (Å²) in [7, 11) is -3.35. The molecule has 0 bridgehead atoms. The molecule has 0 saturated heterocycles. The van der Waals surface area contributed by atoms with E-state index < -0.39 is 28.3 Å². The number of carbonyl (C=O) groups is 2. The molecule has 3 rings (SSSR count). The van der Waals surface area contributed by atoms with E-state index in [1.54, 1.807) is 18.2 Å². The first-order valence-corrected chi connectivity index (χ1v) is 9.89. The Morgan fingerprint density at radius 2 is 1.70 bits per heavy atom. The first kappa shape index (κ1) is 18.7. The maximum absolute atomic E-state index is 12.0. The molecule has 0 unspecified atom stereocenters. The highest BCUT2D eigenvalue weighted by atomic mass is 32.2. The summed E-state index contributed by atoms with van der Waals surface area (Å²) in [5.74, 6) is -0.120. The molecule has 0 aliphatic carbocycles. The lowest BCUT2D eigenvalue weighted by atomic mass is 10.2. The standard InChI is InChI=1S/C18H17NO7S/c1-27(22,23)14-5-2-12(3-6-14)18(21)26-11-17(20)19-13-4-7-15-16(10-13)25-9-8-24-15/h2-7,10H,8-9,11H2,1H3,(H,19,20). The second-order valence-corrected chi connectivity index (χ2v) is 7.80. The second-order valence-electron chi connectivity index (χ2n) is 5.78. The van der Waals surface area contributed by atoms with Gasteiger partial charge in [0, 0.05) is 18.0 Å². The van der Waals surface area contributed by atoms with Crippen molar-refractivity contribution in [3.05, 3.63) is 48.0 Å². The summed E-state index contributed by atoms with van der Waals surface area (Å²) in [4.78, 5) is 24.0. The van der Waals surface area contributed by atoms with Gasteiger partial charge in [-0.25, -0.2) is 13.2 Å². The molecule has 0 saturated carbocycles. The van der Waals surface area contributed by atoms with Crippen LogP contribution >= 0.6 is 0 Å². The molecule has 0 radical (unpaired) electrons. The summed E-state index contributed by atoms with van der Waals surface area (Å²) in [5.41, 5.74) is 0.632. The van der Waals surface area contributed by atoms with Crippen molar-refractivity contribution in [1.82, 2.24) is 0 Å². The summed E-state index contributed by atoms with van der Waals surface area (Å²) in [6, 6.07) is 10.2. The quantitative estimate of drug-likeness (QED) is 0.772. The summed E-state index contributed by atoms with van der Waals surface area (Å²) in [5, 5.41) is 2.60. The molecule has 142 valence electrons.